The van der Waals surface area contributed by atoms with Crippen LogP contribution in [0, 0.1) is 5.92 Å². The number of rotatable bonds is 5. The van der Waals surface area contributed by atoms with Crippen molar-refractivity contribution in [3.05, 3.63) is 22.4 Å². The highest BCUT2D eigenvalue weighted by atomic mass is 32.1. The first-order valence-electron chi connectivity index (χ1n) is 7.29. The van der Waals surface area contributed by atoms with Crippen LogP contribution in [0.25, 0.3) is 0 Å². The van der Waals surface area contributed by atoms with Crippen LogP contribution in [0.4, 0.5) is 0 Å². The summed E-state index contributed by atoms with van der Waals surface area (Å²) in [6.07, 6.45) is 2.18. The van der Waals surface area contributed by atoms with Gasteiger partial charge in [-0.05, 0) is 30.2 Å². The van der Waals surface area contributed by atoms with E-state index < -0.39 is 0 Å². The molecule has 1 aromatic rings. The Morgan fingerprint density at radius 2 is 2.38 bits per heavy atom. The lowest BCUT2D eigenvalue weighted by atomic mass is 9.98. The molecular formula is C15H22N2O3S. The number of carbonyl (C=O) groups is 2. The third-order valence-electron chi connectivity index (χ3n) is 3.77. The van der Waals surface area contributed by atoms with Crippen molar-refractivity contribution in [3.8, 4) is 0 Å². The number of nitrogens with zero attached hydrogens (tertiary/aromatic N) is 1. The van der Waals surface area contributed by atoms with Gasteiger partial charge in [0, 0.05) is 31.5 Å². The summed E-state index contributed by atoms with van der Waals surface area (Å²) < 4.78 is 0. The molecule has 0 bridgehead atoms. The highest BCUT2D eigenvalue weighted by molar-refractivity contribution is 7.10. The van der Waals surface area contributed by atoms with Gasteiger partial charge in [0.15, 0.2) is 0 Å². The van der Waals surface area contributed by atoms with E-state index in [4.69, 9.17) is 0 Å². The number of amides is 2. The van der Waals surface area contributed by atoms with Crippen LogP contribution >= 0.6 is 11.3 Å². The first-order chi connectivity index (χ1) is 10.1. The molecule has 0 radical (unpaired) electrons. The van der Waals surface area contributed by atoms with E-state index in [2.05, 4.69) is 5.32 Å². The molecule has 1 aliphatic rings. The fourth-order valence-corrected chi connectivity index (χ4v) is 3.48. The lowest BCUT2D eigenvalue weighted by Gasteiger charge is -2.32. The van der Waals surface area contributed by atoms with E-state index in [0.29, 0.717) is 6.54 Å². The van der Waals surface area contributed by atoms with Crippen LogP contribution in [0.3, 0.4) is 0 Å². The molecule has 5 nitrogen and oxygen atoms in total. The Balaban J connectivity index is 1.99. The fourth-order valence-electron chi connectivity index (χ4n) is 2.70. The molecule has 1 aromatic heterocycles. The van der Waals surface area contributed by atoms with E-state index in [1.165, 1.54) is 6.92 Å². The highest BCUT2D eigenvalue weighted by Crippen LogP contribution is 2.24. The molecule has 0 saturated carbocycles. The number of aliphatic hydroxyl groups is 1. The van der Waals surface area contributed by atoms with Crippen molar-refractivity contribution in [1.82, 2.24) is 10.2 Å². The van der Waals surface area contributed by atoms with Gasteiger partial charge >= 0.3 is 0 Å². The second kappa shape index (κ2) is 7.56. The Hall–Kier alpha value is -1.40. The molecule has 2 amide bonds. The molecule has 0 aliphatic carbocycles. The van der Waals surface area contributed by atoms with Gasteiger partial charge < -0.3 is 15.3 Å². The van der Waals surface area contributed by atoms with Crippen molar-refractivity contribution in [2.24, 2.45) is 5.92 Å². The maximum atomic E-state index is 12.4. The first-order valence-corrected chi connectivity index (χ1v) is 8.17. The summed E-state index contributed by atoms with van der Waals surface area (Å²) in [7, 11) is 0. The molecule has 2 atom stereocenters. The van der Waals surface area contributed by atoms with Crippen molar-refractivity contribution in [2.45, 2.75) is 32.2 Å². The number of piperidine rings is 1. The molecule has 21 heavy (non-hydrogen) atoms. The van der Waals surface area contributed by atoms with E-state index in [1.54, 1.807) is 11.3 Å². The van der Waals surface area contributed by atoms with Gasteiger partial charge in [0.2, 0.25) is 11.8 Å². The molecular weight excluding hydrogens is 288 g/mol. The number of thiophene rings is 1. The van der Waals surface area contributed by atoms with Crippen LogP contribution in [-0.4, -0.2) is 41.5 Å². The summed E-state index contributed by atoms with van der Waals surface area (Å²) in [6.45, 7) is 2.96. The number of hydrogen-bond donors (Lipinski definition) is 2. The SMILES string of the molecule is CC(=O)NC(CC(=O)N1CCCC(CO)C1)c1cccs1. The molecule has 0 spiro atoms. The molecule has 1 aliphatic heterocycles. The zero-order valence-corrected chi connectivity index (χ0v) is 13.1. The average Bonchev–Trinajstić information content (AvgIpc) is 3.00. The predicted molar refractivity (Wildman–Crippen MR) is 81.9 cm³/mol. The van der Waals surface area contributed by atoms with Crippen molar-refractivity contribution < 1.29 is 14.7 Å². The largest absolute Gasteiger partial charge is 0.396 e. The van der Waals surface area contributed by atoms with E-state index in [1.807, 2.05) is 22.4 Å². The summed E-state index contributed by atoms with van der Waals surface area (Å²) in [5, 5.41) is 14.0. The van der Waals surface area contributed by atoms with Gasteiger partial charge in [0.1, 0.15) is 0 Å². The molecule has 2 heterocycles. The van der Waals surface area contributed by atoms with Gasteiger partial charge in [-0.25, -0.2) is 0 Å². The standard InChI is InChI=1S/C15H22N2O3S/c1-11(19)16-13(14-5-3-7-21-14)8-15(20)17-6-2-4-12(9-17)10-18/h3,5,7,12-13,18H,2,4,6,8-10H2,1H3,(H,16,19). The van der Waals surface area contributed by atoms with Gasteiger partial charge in [0.25, 0.3) is 0 Å². The quantitative estimate of drug-likeness (QED) is 0.867. The Morgan fingerprint density at radius 3 is 3.00 bits per heavy atom. The van der Waals surface area contributed by atoms with Crippen LogP contribution < -0.4 is 5.32 Å². The Bertz CT molecular complexity index is 475. The monoisotopic (exact) mass is 310 g/mol. The molecule has 2 rings (SSSR count). The zero-order valence-electron chi connectivity index (χ0n) is 12.2. The maximum Gasteiger partial charge on any atom is 0.225 e. The average molecular weight is 310 g/mol. The third kappa shape index (κ3) is 4.54. The van der Waals surface area contributed by atoms with E-state index >= 15 is 0 Å². The van der Waals surface area contributed by atoms with E-state index in [9.17, 15) is 14.7 Å². The van der Waals surface area contributed by atoms with Gasteiger partial charge in [-0.1, -0.05) is 6.07 Å². The molecule has 1 fully saturated rings. The first kappa shape index (κ1) is 16.0. The molecule has 2 N–H and O–H groups in total. The second-order valence-electron chi connectivity index (χ2n) is 5.50. The Kier molecular flexibility index (Phi) is 5.76. The third-order valence-corrected chi connectivity index (χ3v) is 4.76. The molecule has 116 valence electrons. The fraction of sp³-hybridized carbons (Fsp3) is 0.600. The predicted octanol–water partition coefficient (Wildman–Crippen LogP) is 1.55. The number of nitrogens with one attached hydrogen (secondary N) is 1. The van der Waals surface area contributed by atoms with Gasteiger partial charge in [0.05, 0.1) is 12.5 Å². The minimum absolute atomic E-state index is 0.0419. The summed E-state index contributed by atoms with van der Waals surface area (Å²) in [4.78, 5) is 26.6. The summed E-state index contributed by atoms with van der Waals surface area (Å²) in [5.74, 6) is 0.0945. The van der Waals surface area contributed by atoms with Crippen LogP contribution in [0.5, 0.6) is 0 Å². The summed E-state index contributed by atoms with van der Waals surface area (Å²) >= 11 is 1.54. The zero-order chi connectivity index (χ0) is 15.2. The molecule has 6 heteroatoms. The highest BCUT2D eigenvalue weighted by Gasteiger charge is 2.26. The molecule has 0 aromatic carbocycles. The van der Waals surface area contributed by atoms with Gasteiger partial charge in [-0.15, -0.1) is 11.3 Å². The minimum atomic E-state index is -0.260. The van der Waals surface area contributed by atoms with Crippen molar-refractivity contribution in [2.75, 3.05) is 19.7 Å². The van der Waals surface area contributed by atoms with Gasteiger partial charge in [-0.3, -0.25) is 9.59 Å². The topological polar surface area (TPSA) is 69.6 Å². The van der Waals surface area contributed by atoms with Crippen LogP contribution in [-0.2, 0) is 9.59 Å². The number of likely N-dealkylation sites (tertiary alicyclic amines) is 1. The number of aliphatic hydroxyl groups excluding tert-OH is 1. The van der Waals surface area contributed by atoms with Crippen molar-refractivity contribution in [1.29, 1.82) is 0 Å². The number of hydrogen-bond acceptors (Lipinski definition) is 4. The van der Waals surface area contributed by atoms with Crippen molar-refractivity contribution in [3.63, 3.8) is 0 Å². The minimum Gasteiger partial charge on any atom is -0.396 e. The van der Waals surface area contributed by atoms with Crippen LogP contribution in [0.15, 0.2) is 17.5 Å². The maximum absolute atomic E-state index is 12.4. The smallest absolute Gasteiger partial charge is 0.225 e. The summed E-state index contributed by atoms with van der Waals surface area (Å²) in [5.41, 5.74) is 0. The van der Waals surface area contributed by atoms with Gasteiger partial charge in [-0.2, -0.15) is 0 Å². The Morgan fingerprint density at radius 1 is 1.57 bits per heavy atom. The molecule has 1 saturated heterocycles. The normalized spacial score (nSPS) is 20.1. The lowest BCUT2D eigenvalue weighted by Crippen LogP contribution is -2.42. The van der Waals surface area contributed by atoms with Crippen molar-refractivity contribution >= 4 is 23.2 Å². The number of carbonyl (C=O) groups excluding carboxylic acids is 2. The Labute approximate surface area is 129 Å². The van der Waals surface area contributed by atoms with Crippen LogP contribution in [0.1, 0.15) is 37.1 Å². The van der Waals surface area contributed by atoms with Crippen LogP contribution in [0.2, 0.25) is 0 Å². The molecule has 2 unspecified atom stereocenters. The van der Waals surface area contributed by atoms with E-state index in [-0.39, 0.29) is 36.8 Å². The van der Waals surface area contributed by atoms with E-state index in [0.717, 1.165) is 24.3 Å². The summed E-state index contributed by atoms with van der Waals surface area (Å²) in [6, 6.07) is 3.59. The second-order valence-corrected chi connectivity index (χ2v) is 6.48. The lowest BCUT2D eigenvalue weighted by molar-refractivity contribution is -0.134.